The van der Waals surface area contributed by atoms with Gasteiger partial charge in [0.2, 0.25) is 5.60 Å². The molecule has 232 valence electrons. The van der Waals surface area contributed by atoms with Gasteiger partial charge >= 0.3 is 6.18 Å². The number of carbonyl (C=O) groups excluding carboxylic acids is 2. The smallest absolute Gasteiger partial charge is 0.424 e. The monoisotopic (exact) mass is 702 g/mol. The van der Waals surface area contributed by atoms with Gasteiger partial charge in [0.05, 0.1) is 36.5 Å². The summed E-state index contributed by atoms with van der Waals surface area (Å²) in [6.07, 6.45) is -4.03. The highest BCUT2D eigenvalue weighted by Gasteiger charge is 2.57. The summed E-state index contributed by atoms with van der Waals surface area (Å²) in [5.41, 5.74) is -1.29. The van der Waals surface area contributed by atoms with E-state index in [0.717, 1.165) is 6.07 Å². The fourth-order valence-corrected chi connectivity index (χ4v) is 4.82. The molecule has 0 spiro atoms. The fraction of sp³-hybridized carbons (Fsp3) is 0.214. The minimum absolute atomic E-state index is 0.134. The largest absolute Gasteiger partial charge is 0.494 e. The number of nitrogens with one attached hydrogen (secondary N) is 1. The number of pyridine rings is 2. The molecule has 9 nitrogen and oxygen atoms in total. The lowest BCUT2D eigenvalue weighted by molar-refractivity contribution is -0.265. The molecule has 2 aromatic heterocycles. The molecule has 4 N–H and O–H groups in total. The molecule has 0 fully saturated rings. The molecule has 0 aliphatic rings. The van der Waals surface area contributed by atoms with E-state index >= 15 is 0 Å². The van der Waals surface area contributed by atoms with E-state index in [0.29, 0.717) is 27.5 Å². The van der Waals surface area contributed by atoms with Gasteiger partial charge < -0.3 is 25.6 Å². The van der Waals surface area contributed by atoms with Crippen molar-refractivity contribution in [3.05, 3.63) is 80.5 Å². The van der Waals surface area contributed by atoms with E-state index in [2.05, 4.69) is 25.9 Å². The number of carbonyl (C=O) groups is 2. The lowest BCUT2D eigenvalue weighted by Crippen LogP contribution is -2.51. The van der Waals surface area contributed by atoms with Crippen molar-refractivity contribution in [2.75, 3.05) is 20.3 Å². The van der Waals surface area contributed by atoms with E-state index in [1.807, 2.05) is 5.32 Å². The first-order valence-corrected chi connectivity index (χ1v) is 13.6. The van der Waals surface area contributed by atoms with Crippen molar-refractivity contribution in [1.82, 2.24) is 15.3 Å². The summed E-state index contributed by atoms with van der Waals surface area (Å²) in [5, 5.41) is 12.6. The number of fused-ring (bicyclic) bond motifs is 1. The van der Waals surface area contributed by atoms with Crippen LogP contribution in [0.3, 0.4) is 0 Å². The third kappa shape index (κ3) is 6.12. The van der Waals surface area contributed by atoms with E-state index in [9.17, 15) is 36.6 Å². The van der Waals surface area contributed by atoms with Gasteiger partial charge in [0, 0.05) is 27.2 Å². The van der Waals surface area contributed by atoms with E-state index in [1.165, 1.54) is 32.4 Å². The summed E-state index contributed by atoms with van der Waals surface area (Å²) in [7, 11) is 1.31. The Morgan fingerprint density at radius 1 is 1.16 bits per heavy atom. The number of ether oxygens (including phenoxy) is 2. The number of benzene rings is 2. The number of nitrogens with zero attached hydrogens (tertiary/aromatic N) is 2. The van der Waals surface area contributed by atoms with Crippen LogP contribution in [0.25, 0.3) is 22.2 Å². The summed E-state index contributed by atoms with van der Waals surface area (Å²) in [4.78, 5) is 33.5. The summed E-state index contributed by atoms with van der Waals surface area (Å²) in [6.45, 7) is -0.194. The van der Waals surface area contributed by atoms with Crippen molar-refractivity contribution in [1.29, 1.82) is 0 Å². The molecule has 1 atom stereocenters. The van der Waals surface area contributed by atoms with E-state index in [4.69, 9.17) is 26.8 Å². The fourth-order valence-electron chi connectivity index (χ4n) is 4.23. The number of amides is 2. The summed E-state index contributed by atoms with van der Waals surface area (Å²) in [5.74, 6) is -5.60. The maximum atomic E-state index is 14.6. The molecule has 2 amide bonds. The van der Waals surface area contributed by atoms with Gasteiger partial charge in [0.15, 0.2) is 17.4 Å². The molecule has 0 bridgehead atoms. The standard InChI is InChI=1S/C28H21BrClF5N4O5/c1-3-44-24-16(25(36)40)9-19(39-23(24)15-4-5-17(31)21(32)20(15)30)27(42,28(33,34)35)11-38-26(41)13-6-12-7-14(29)10-37-22(12)18(8-13)43-2/h4-10,42H,3,11H2,1-2H3,(H2,36,40)(H,38,41)/t27-/m0/s1. The van der Waals surface area contributed by atoms with Gasteiger partial charge in [-0.1, -0.05) is 11.6 Å². The Bertz CT molecular complexity index is 1790. The zero-order valence-corrected chi connectivity index (χ0v) is 25.0. The number of halogens is 7. The summed E-state index contributed by atoms with van der Waals surface area (Å²) in [6, 6.07) is 6.26. The molecule has 4 aromatic rings. The topological polar surface area (TPSA) is 137 Å². The van der Waals surface area contributed by atoms with Gasteiger partial charge in [-0.25, -0.2) is 13.8 Å². The zero-order valence-electron chi connectivity index (χ0n) is 22.7. The number of alkyl halides is 3. The van der Waals surface area contributed by atoms with E-state index in [-0.39, 0.29) is 17.9 Å². The number of hydrogen-bond acceptors (Lipinski definition) is 7. The molecule has 16 heteroatoms. The van der Waals surface area contributed by atoms with Crippen LogP contribution in [-0.2, 0) is 5.60 Å². The molecule has 0 saturated carbocycles. The normalized spacial score (nSPS) is 13.0. The number of methoxy groups -OCH3 is 1. The van der Waals surface area contributed by atoms with Gasteiger partial charge in [0.1, 0.15) is 17.0 Å². The van der Waals surface area contributed by atoms with Crippen molar-refractivity contribution in [2.45, 2.75) is 18.7 Å². The second-order valence-corrected chi connectivity index (χ2v) is 10.5. The molecular weight excluding hydrogens is 683 g/mol. The second kappa shape index (κ2) is 12.5. The molecule has 0 aliphatic heterocycles. The van der Waals surface area contributed by atoms with Crippen LogP contribution in [0.2, 0.25) is 5.02 Å². The average molecular weight is 704 g/mol. The number of hydrogen-bond donors (Lipinski definition) is 3. The van der Waals surface area contributed by atoms with Crippen LogP contribution in [0.4, 0.5) is 22.0 Å². The van der Waals surface area contributed by atoms with Crippen LogP contribution in [0, 0.1) is 11.6 Å². The van der Waals surface area contributed by atoms with Gasteiger partial charge in [0.25, 0.3) is 11.8 Å². The first kappa shape index (κ1) is 32.8. The van der Waals surface area contributed by atoms with Crippen LogP contribution in [0.15, 0.2) is 47.1 Å². The molecule has 0 radical (unpaired) electrons. The highest BCUT2D eigenvalue weighted by atomic mass is 79.9. The van der Waals surface area contributed by atoms with Crippen molar-refractivity contribution >= 4 is 50.2 Å². The lowest BCUT2D eigenvalue weighted by Gasteiger charge is -2.31. The SMILES string of the molecule is CCOc1c(C(N)=O)cc([C@@](O)(CNC(=O)c2cc(OC)c3ncc(Br)cc3c2)C(F)(F)F)nc1-c1ccc(F)c(F)c1Cl. The molecule has 2 heterocycles. The Hall–Kier alpha value is -4.08. The van der Waals surface area contributed by atoms with Crippen LogP contribution < -0.4 is 20.5 Å². The number of aromatic nitrogens is 2. The van der Waals surface area contributed by atoms with Crippen LogP contribution >= 0.6 is 27.5 Å². The maximum absolute atomic E-state index is 14.6. The van der Waals surface area contributed by atoms with Crippen LogP contribution in [0.5, 0.6) is 11.5 Å². The Morgan fingerprint density at radius 3 is 2.48 bits per heavy atom. The first-order chi connectivity index (χ1) is 20.6. The minimum Gasteiger partial charge on any atom is -0.494 e. The van der Waals surface area contributed by atoms with Gasteiger partial charge in [-0.05, 0) is 59.3 Å². The third-order valence-electron chi connectivity index (χ3n) is 6.41. The Morgan fingerprint density at radius 2 is 1.86 bits per heavy atom. The highest BCUT2D eigenvalue weighted by molar-refractivity contribution is 9.10. The first-order valence-electron chi connectivity index (χ1n) is 12.5. The molecule has 44 heavy (non-hydrogen) atoms. The van der Waals surface area contributed by atoms with Crippen molar-refractivity contribution in [3.63, 3.8) is 0 Å². The van der Waals surface area contributed by atoms with E-state index in [1.54, 1.807) is 6.07 Å². The van der Waals surface area contributed by atoms with Crippen molar-refractivity contribution in [3.8, 4) is 22.8 Å². The predicted molar refractivity (Wildman–Crippen MR) is 153 cm³/mol. The Labute approximate surface area is 259 Å². The molecule has 4 rings (SSSR count). The quantitative estimate of drug-likeness (QED) is 0.151. The van der Waals surface area contributed by atoms with Crippen LogP contribution in [-0.4, -0.2) is 53.3 Å². The number of primary amides is 1. The van der Waals surface area contributed by atoms with Gasteiger partial charge in [-0.3, -0.25) is 14.6 Å². The van der Waals surface area contributed by atoms with Crippen molar-refractivity contribution in [2.24, 2.45) is 5.73 Å². The van der Waals surface area contributed by atoms with Crippen LogP contribution in [0.1, 0.15) is 33.3 Å². The van der Waals surface area contributed by atoms with Crippen molar-refractivity contribution < 1.29 is 46.1 Å². The molecule has 0 aliphatic carbocycles. The summed E-state index contributed by atoms with van der Waals surface area (Å²) < 4.78 is 83.1. The summed E-state index contributed by atoms with van der Waals surface area (Å²) >= 11 is 9.21. The second-order valence-electron chi connectivity index (χ2n) is 9.20. The minimum atomic E-state index is -5.51. The molecule has 0 unspecified atom stereocenters. The zero-order chi connectivity index (χ0) is 32.6. The van der Waals surface area contributed by atoms with Gasteiger partial charge in [-0.15, -0.1) is 0 Å². The predicted octanol–water partition coefficient (Wildman–Crippen LogP) is 5.68. The van der Waals surface area contributed by atoms with E-state index < -0.39 is 75.1 Å². The third-order valence-corrected chi connectivity index (χ3v) is 7.22. The van der Waals surface area contributed by atoms with Gasteiger partial charge in [-0.2, -0.15) is 13.2 Å². The molecule has 0 saturated heterocycles. The lowest BCUT2D eigenvalue weighted by atomic mass is 9.94. The highest BCUT2D eigenvalue weighted by Crippen LogP contribution is 2.43. The molecule has 2 aromatic carbocycles. The number of aliphatic hydroxyl groups is 1. The Balaban J connectivity index is 1.85. The number of rotatable bonds is 9. The average Bonchev–Trinajstić information content (AvgIpc) is 2.97. The Kier molecular flexibility index (Phi) is 9.32. The maximum Gasteiger partial charge on any atom is 0.424 e. The molecular formula is C28H21BrClF5N4O5. The number of nitrogens with two attached hydrogens (primary N) is 1.